The summed E-state index contributed by atoms with van der Waals surface area (Å²) in [5, 5.41) is 12.0. The number of carbonyl (C=O) groups excluding carboxylic acids is 1. The van der Waals surface area contributed by atoms with Crippen LogP contribution < -0.4 is 5.32 Å². The number of alkyl halides is 3. The van der Waals surface area contributed by atoms with Gasteiger partial charge in [-0.1, -0.05) is 23.7 Å². The first-order valence-corrected chi connectivity index (χ1v) is 9.94. The lowest BCUT2D eigenvalue weighted by Crippen LogP contribution is -2.14. The zero-order valence-corrected chi connectivity index (χ0v) is 17.7. The van der Waals surface area contributed by atoms with Crippen molar-refractivity contribution < 1.29 is 22.4 Å². The molecule has 1 amide bonds. The van der Waals surface area contributed by atoms with Gasteiger partial charge in [-0.05, 0) is 42.5 Å². The molecule has 0 aliphatic carbocycles. The van der Waals surface area contributed by atoms with Crippen LogP contribution in [0.1, 0.15) is 21.6 Å². The van der Waals surface area contributed by atoms with Crippen LogP contribution in [-0.4, -0.2) is 20.9 Å². The molecule has 0 spiro atoms. The molecule has 0 saturated carbocycles. The van der Waals surface area contributed by atoms with Crippen LogP contribution in [0.25, 0.3) is 22.6 Å². The molecule has 2 aromatic carbocycles. The lowest BCUT2D eigenvalue weighted by atomic mass is 10.1. The van der Waals surface area contributed by atoms with E-state index >= 15 is 0 Å². The van der Waals surface area contributed by atoms with Gasteiger partial charge in [-0.15, -0.1) is 0 Å². The lowest BCUT2D eigenvalue weighted by molar-refractivity contribution is -0.137. The number of nitriles is 1. The normalized spacial score (nSPS) is 11.2. The van der Waals surface area contributed by atoms with Gasteiger partial charge in [0.2, 0.25) is 0 Å². The Morgan fingerprint density at radius 1 is 1.12 bits per heavy atom. The van der Waals surface area contributed by atoms with Crippen LogP contribution in [0, 0.1) is 17.1 Å². The van der Waals surface area contributed by atoms with Crippen molar-refractivity contribution in [3.05, 3.63) is 88.5 Å². The molecule has 0 radical (unpaired) electrons. The minimum absolute atomic E-state index is 0.00449. The maximum Gasteiger partial charge on any atom is 0.416 e. The molecule has 0 aliphatic heterocycles. The number of halogens is 5. The van der Waals surface area contributed by atoms with E-state index in [1.807, 2.05) is 6.07 Å². The molecular weight excluding hydrogens is 474 g/mol. The van der Waals surface area contributed by atoms with E-state index in [1.54, 1.807) is 0 Å². The Balaban J connectivity index is 1.59. The van der Waals surface area contributed by atoms with E-state index in [9.17, 15) is 27.6 Å². The van der Waals surface area contributed by atoms with Gasteiger partial charge in [0.15, 0.2) is 5.69 Å². The minimum atomic E-state index is -4.58. The van der Waals surface area contributed by atoms with Gasteiger partial charge in [0.25, 0.3) is 5.91 Å². The second kappa shape index (κ2) is 8.96. The average molecular weight is 486 g/mol. The first-order chi connectivity index (χ1) is 16.2. The van der Waals surface area contributed by atoms with Crippen molar-refractivity contribution in [2.45, 2.75) is 6.18 Å². The molecule has 0 aliphatic rings. The Hall–Kier alpha value is -4.23. The van der Waals surface area contributed by atoms with E-state index in [2.05, 4.69) is 20.3 Å². The Morgan fingerprint density at radius 3 is 2.53 bits per heavy atom. The van der Waals surface area contributed by atoms with Gasteiger partial charge < -0.3 is 10.3 Å². The van der Waals surface area contributed by atoms with Gasteiger partial charge in [-0.2, -0.15) is 18.4 Å². The fourth-order valence-corrected chi connectivity index (χ4v) is 3.40. The van der Waals surface area contributed by atoms with Crippen molar-refractivity contribution >= 4 is 23.3 Å². The molecule has 4 rings (SSSR count). The summed E-state index contributed by atoms with van der Waals surface area (Å²) in [5.74, 6) is -1.27. The van der Waals surface area contributed by atoms with Gasteiger partial charge >= 0.3 is 6.18 Å². The number of imidazole rings is 1. The van der Waals surface area contributed by atoms with Gasteiger partial charge in [0.05, 0.1) is 21.8 Å². The average Bonchev–Trinajstić information content (AvgIpc) is 3.23. The number of aromatic amines is 1. The zero-order valence-electron chi connectivity index (χ0n) is 16.9. The number of hydrogen-bond acceptors (Lipinski definition) is 4. The summed E-state index contributed by atoms with van der Waals surface area (Å²) >= 11 is 6.07. The number of carbonyl (C=O) groups is 1. The van der Waals surface area contributed by atoms with Crippen molar-refractivity contribution in [3.8, 4) is 28.7 Å². The number of anilines is 1. The third-order valence-corrected chi connectivity index (χ3v) is 5.07. The molecule has 2 heterocycles. The van der Waals surface area contributed by atoms with Crippen molar-refractivity contribution in [3.63, 3.8) is 0 Å². The standard InChI is InChI=1S/C23H12ClF4N5O/c24-15-5-2-6-16(25)19(15)21-31-17(10-29)20(33-21)13-7-8-18(30-11-13)32-22(34)12-3-1-4-14(9-12)23(26,27)28/h1-9,11H,(H,31,33)(H,30,32,34). The first kappa shape index (κ1) is 22.9. The molecule has 11 heteroatoms. The van der Waals surface area contributed by atoms with E-state index < -0.39 is 23.5 Å². The van der Waals surface area contributed by atoms with Gasteiger partial charge in [0, 0.05) is 17.3 Å². The number of amides is 1. The maximum atomic E-state index is 14.2. The number of H-pyrrole nitrogens is 1. The molecule has 0 saturated heterocycles. The molecular formula is C23H12ClF4N5O. The van der Waals surface area contributed by atoms with Crippen molar-refractivity contribution in [2.75, 3.05) is 5.32 Å². The number of aromatic nitrogens is 3. The Labute approximate surface area is 194 Å². The van der Waals surface area contributed by atoms with Gasteiger partial charge in [-0.25, -0.2) is 14.4 Å². The highest BCUT2D eigenvalue weighted by molar-refractivity contribution is 6.33. The second-order valence-corrected chi connectivity index (χ2v) is 7.39. The minimum Gasteiger partial charge on any atom is -0.337 e. The fraction of sp³-hybridized carbons (Fsp3) is 0.0435. The summed E-state index contributed by atoms with van der Waals surface area (Å²) in [6.45, 7) is 0. The summed E-state index contributed by atoms with van der Waals surface area (Å²) in [6, 6.07) is 12.9. The second-order valence-electron chi connectivity index (χ2n) is 6.98. The Morgan fingerprint density at radius 2 is 1.88 bits per heavy atom. The van der Waals surface area contributed by atoms with Crippen LogP contribution in [0.3, 0.4) is 0 Å². The van der Waals surface area contributed by atoms with E-state index in [0.717, 1.165) is 18.2 Å². The summed E-state index contributed by atoms with van der Waals surface area (Å²) in [6.07, 6.45) is -3.26. The van der Waals surface area contributed by atoms with Crippen LogP contribution in [0.5, 0.6) is 0 Å². The van der Waals surface area contributed by atoms with Crippen LogP contribution in [0.4, 0.5) is 23.4 Å². The van der Waals surface area contributed by atoms with E-state index in [-0.39, 0.29) is 39.2 Å². The number of nitrogens with one attached hydrogen (secondary N) is 2. The molecule has 170 valence electrons. The maximum absolute atomic E-state index is 14.2. The molecule has 4 aromatic rings. The van der Waals surface area contributed by atoms with Crippen LogP contribution >= 0.6 is 11.6 Å². The highest BCUT2D eigenvalue weighted by atomic mass is 35.5. The number of pyridine rings is 1. The highest BCUT2D eigenvalue weighted by Crippen LogP contribution is 2.32. The Kier molecular flexibility index (Phi) is 6.04. The fourth-order valence-electron chi connectivity index (χ4n) is 3.15. The van der Waals surface area contributed by atoms with Crippen LogP contribution in [-0.2, 0) is 6.18 Å². The third-order valence-electron chi connectivity index (χ3n) is 4.76. The summed E-state index contributed by atoms with van der Waals surface area (Å²) in [5.41, 5.74) is -0.508. The zero-order chi connectivity index (χ0) is 24.5. The number of benzene rings is 2. The monoisotopic (exact) mass is 485 g/mol. The van der Waals surface area contributed by atoms with Crippen LogP contribution in [0.15, 0.2) is 60.8 Å². The number of rotatable bonds is 4. The van der Waals surface area contributed by atoms with Crippen molar-refractivity contribution in [2.24, 2.45) is 0 Å². The molecule has 34 heavy (non-hydrogen) atoms. The van der Waals surface area contributed by atoms with Crippen LogP contribution in [0.2, 0.25) is 5.02 Å². The molecule has 0 bridgehead atoms. The smallest absolute Gasteiger partial charge is 0.337 e. The predicted molar refractivity (Wildman–Crippen MR) is 116 cm³/mol. The van der Waals surface area contributed by atoms with E-state index in [1.165, 1.54) is 42.6 Å². The first-order valence-electron chi connectivity index (χ1n) is 9.57. The quantitative estimate of drug-likeness (QED) is 0.343. The summed E-state index contributed by atoms with van der Waals surface area (Å²) in [4.78, 5) is 23.4. The summed E-state index contributed by atoms with van der Waals surface area (Å²) < 4.78 is 52.9. The molecule has 0 fully saturated rings. The van der Waals surface area contributed by atoms with Crippen molar-refractivity contribution in [1.82, 2.24) is 15.0 Å². The largest absolute Gasteiger partial charge is 0.416 e. The SMILES string of the molecule is N#Cc1nc(-c2c(F)cccc2Cl)[nH]c1-c1ccc(NC(=O)c2cccc(C(F)(F)F)c2)nc1. The summed E-state index contributed by atoms with van der Waals surface area (Å²) in [7, 11) is 0. The molecule has 0 unspecified atom stereocenters. The molecule has 2 N–H and O–H groups in total. The van der Waals surface area contributed by atoms with Gasteiger partial charge in [-0.3, -0.25) is 4.79 Å². The molecule has 2 aromatic heterocycles. The predicted octanol–water partition coefficient (Wildman–Crippen LogP) is 6.07. The molecule has 0 atom stereocenters. The number of hydrogen-bond donors (Lipinski definition) is 2. The van der Waals surface area contributed by atoms with Gasteiger partial charge in [0.1, 0.15) is 23.5 Å². The number of nitrogens with zero attached hydrogens (tertiary/aromatic N) is 3. The van der Waals surface area contributed by atoms with E-state index in [0.29, 0.717) is 5.56 Å². The van der Waals surface area contributed by atoms with E-state index in [4.69, 9.17) is 11.6 Å². The third kappa shape index (κ3) is 4.60. The lowest BCUT2D eigenvalue weighted by Gasteiger charge is -2.09. The highest BCUT2D eigenvalue weighted by Gasteiger charge is 2.31. The Bertz CT molecular complexity index is 1400. The topological polar surface area (TPSA) is 94.5 Å². The molecule has 6 nitrogen and oxygen atoms in total. The van der Waals surface area contributed by atoms with Crippen molar-refractivity contribution in [1.29, 1.82) is 5.26 Å².